The molecule has 0 radical (unpaired) electrons. The van der Waals surface area contributed by atoms with E-state index >= 15 is 0 Å². The molecule has 2 aromatic rings. The minimum atomic E-state index is -0.0624. The summed E-state index contributed by atoms with van der Waals surface area (Å²) >= 11 is 6.79. The second-order valence-electron chi connectivity index (χ2n) is 7.83. The van der Waals surface area contributed by atoms with Crippen LogP contribution >= 0.6 is 24.0 Å². The molecule has 2 aliphatic heterocycles. The number of hydrogen-bond acceptors (Lipinski definition) is 5. The van der Waals surface area contributed by atoms with Crippen molar-refractivity contribution < 1.29 is 14.3 Å². The smallest absolute Gasteiger partial charge is 0.266 e. The summed E-state index contributed by atoms with van der Waals surface area (Å²) in [6.07, 6.45) is 1.91. The molecule has 144 valence electrons. The number of thiocarbonyl (C=S) groups is 1. The average molecular weight is 412 g/mol. The zero-order valence-electron chi connectivity index (χ0n) is 16.0. The van der Waals surface area contributed by atoms with Gasteiger partial charge in [-0.05, 0) is 40.3 Å². The minimum Gasteiger partial charge on any atom is -0.454 e. The van der Waals surface area contributed by atoms with Crippen LogP contribution in [0.25, 0.3) is 6.08 Å². The monoisotopic (exact) mass is 411 g/mol. The van der Waals surface area contributed by atoms with Crippen LogP contribution in [0.4, 0.5) is 0 Å². The number of carbonyl (C=O) groups excluding carboxylic acids is 1. The van der Waals surface area contributed by atoms with Gasteiger partial charge in [-0.25, -0.2) is 0 Å². The molecule has 28 heavy (non-hydrogen) atoms. The summed E-state index contributed by atoms with van der Waals surface area (Å²) in [5.41, 5.74) is 3.32. The van der Waals surface area contributed by atoms with Gasteiger partial charge in [-0.3, -0.25) is 9.69 Å². The lowest BCUT2D eigenvalue weighted by Gasteiger charge is -2.18. The molecule has 0 aliphatic carbocycles. The number of thioether (sulfide) groups is 1. The molecule has 4 rings (SSSR count). The van der Waals surface area contributed by atoms with Crippen molar-refractivity contribution in [1.29, 1.82) is 0 Å². The van der Waals surface area contributed by atoms with E-state index < -0.39 is 0 Å². The van der Waals surface area contributed by atoms with Crippen molar-refractivity contribution in [3.8, 4) is 11.5 Å². The van der Waals surface area contributed by atoms with Crippen molar-refractivity contribution >= 4 is 40.3 Å². The molecule has 2 heterocycles. The molecule has 6 heteroatoms. The van der Waals surface area contributed by atoms with Crippen molar-refractivity contribution in [2.24, 2.45) is 0 Å². The molecular formula is C22H21NO3S2. The number of carbonyl (C=O) groups is 1. The Balaban J connectivity index is 1.51. The van der Waals surface area contributed by atoms with Gasteiger partial charge in [-0.15, -0.1) is 0 Å². The van der Waals surface area contributed by atoms with Crippen LogP contribution in [0.5, 0.6) is 11.5 Å². The maximum Gasteiger partial charge on any atom is 0.266 e. The molecule has 0 N–H and O–H groups in total. The predicted molar refractivity (Wildman–Crippen MR) is 116 cm³/mol. The van der Waals surface area contributed by atoms with Crippen LogP contribution in [0.1, 0.15) is 37.5 Å². The Bertz CT molecular complexity index is 974. The quantitative estimate of drug-likeness (QED) is 0.518. The van der Waals surface area contributed by atoms with E-state index in [0.717, 1.165) is 16.9 Å². The minimum absolute atomic E-state index is 0.0624. The fraction of sp³-hybridized carbons (Fsp3) is 0.273. The fourth-order valence-corrected chi connectivity index (χ4v) is 4.34. The third-order valence-corrected chi connectivity index (χ3v) is 6.10. The second-order valence-corrected chi connectivity index (χ2v) is 9.50. The third kappa shape index (κ3) is 3.80. The number of hydrogen-bond donors (Lipinski definition) is 0. The molecule has 0 saturated carbocycles. The van der Waals surface area contributed by atoms with Crippen LogP contribution in [0.15, 0.2) is 47.4 Å². The fourth-order valence-electron chi connectivity index (χ4n) is 3.09. The molecule has 0 spiro atoms. The van der Waals surface area contributed by atoms with E-state index in [1.165, 1.54) is 17.3 Å². The highest BCUT2D eigenvalue weighted by Crippen LogP contribution is 2.36. The van der Waals surface area contributed by atoms with E-state index in [1.54, 1.807) is 4.90 Å². The number of fused-ring (bicyclic) bond motifs is 1. The average Bonchev–Trinajstić information content (AvgIpc) is 3.21. The van der Waals surface area contributed by atoms with Crippen molar-refractivity contribution in [2.75, 3.05) is 6.79 Å². The molecule has 1 saturated heterocycles. The topological polar surface area (TPSA) is 38.8 Å². The molecule has 0 bridgehead atoms. The highest BCUT2D eigenvalue weighted by atomic mass is 32.2. The molecule has 0 unspecified atom stereocenters. The molecule has 1 amide bonds. The first-order chi connectivity index (χ1) is 13.3. The number of ether oxygens (including phenoxy) is 2. The van der Waals surface area contributed by atoms with Gasteiger partial charge in [0.25, 0.3) is 5.91 Å². The lowest BCUT2D eigenvalue weighted by molar-refractivity contribution is -0.122. The lowest BCUT2D eigenvalue weighted by Crippen LogP contribution is -2.27. The van der Waals surface area contributed by atoms with Gasteiger partial charge in [-0.1, -0.05) is 75.1 Å². The van der Waals surface area contributed by atoms with E-state index in [0.29, 0.717) is 21.5 Å². The molecule has 2 aromatic carbocycles. The Labute approximate surface area is 174 Å². The zero-order valence-corrected chi connectivity index (χ0v) is 17.7. The summed E-state index contributed by atoms with van der Waals surface area (Å²) in [6, 6.07) is 14.0. The number of nitrogens with zero attached hydrogens (tertiary/aromatic N) is 1. The Morgan fingerprint density at radius 2 is 1.82 bits per heavy atom. The summed E-state index contributed by atoms with van der Waals surface area (Å²) in [4.78, 5) is 15.2. The Hall–Kier alpha value is -2.31. The zero-order chi connectivity index (χ0) is 19.9. The molecule has 0 atom stereocenters. The van der Waals surface area contributed by atoms with Crippen LogP contribution in [-0.4, -0.2) is 21.9 Å². The van der Waals surface area contributed by atoms with Gasteiger partial charge in [0.05, 0.1) is 11.4 Å². The van der Waals surface area contributed by atoms with Gasteiger partial charge in [0.2, 0.25) is 6.79 Å². The molecule has 4 nitrogen and oxygen atoms in total. The van der Waals surface area contributed by atoms with Gasteiger partial charge in [-0.2, -0.15) is 0 Å². The molecule has 2 aliphatic rings. The molecule has 1 fully saturated rings. The van der Waals surface area contributed by atoms with Gasteiger partial charge in [0.15, 0.2) is 11.5 Å². The summed E-state index contributed by atoms with van der Waals surface area (Å²) < 4.78 is 11.3. The largest absolute Gasteiger partial charge is 0.454 e. The van der Waals surface area contributed by atoms with Gasteiger partial charge < -0.3 is 9.47 Å². The Morgan fingerprint density at radius 1 is 1.11 bits per heavy atom. The van der Waals surface area contributed by atoms with Crippen molar-refractivity contribution in [2.45, 2.75) is 32.7 Å². The lowest BCUT2D eigenvalue weighted by atomic mass is 9.87. The summed E-state index contributed by atoms with van der Waals surface area (Å²) in [5, 5.41) is 0. The molecular weight excluding hydrogens is 390 g/mol. The normalized spacial score (nSPS) is 17.7. The van der Waals surface area contributed by atoms with Gasteiger partial charge >= 0.3 is 0 Å². The van der Waals surface area contributed by atoms with Crippen LogP contribution in [0.2, 0.25) is 0 Å². The maximum atomic E-state index is 12.9. The van der Waals surface area contributed by atoms with Gasteiger partial charge in [0, 0.05) is 0 Å². The highest BCUT2D eigenvalue weighted by Gasteiger charge is 2.32. The van der Waals surface area contributed by atoms with E-state index in [1.807, 2.05) is 36.4 Å². The number of benzene rings is 2. The summed E-state index contributed by atoms with van der Waals surface area (Å²) in [6.45, 7) is 7.20. The van der Waals surface area contributed by atoms with E-state index in [2.05, 4.69) is 32.9 Å². The van der Waals surface area contributed by atoms with E-state index in [9.17, 15) is 4.79 Å². The second kappa shape index (κ2) is 7.26. The first kappa shape index (κ1) is 19.0. The Morgan fingerprint density at radius 3 is 2.54 bits per heavy atom. The number of rotatable bonds is 3. The van der Waals surface area contributed by atoms with E-state index in [4.69, 9.17) is 21.7 Å². The SMILES string of the molecule is CC(C)(C)c1ccc(C=C2SC(=S)N(Cc3ccc4c(c3)OCO4)C2=O)cc1. The standard InChI is InChI=1S/C22H21NO3S2/c1-22(2,3)16-7-4-14(5-8-16)11-19-20(24)23(21(27)28-19)12-15-6-9-17-18(10-15)26-13-25-17/h4-11H,12-13H2,1-3H3. The van der Waals surface area contributed by atoms with Crippen LogP contribution in [0, 0.1) is 0 Å². The van der Waals surface area contributed by atoms with E-state index in [-0.39, 0.29) is 18.1 Å². The maximum absolute atomic E-state index is 12.9. The molecule has 0 aromatic heterocycles. The van der Waals surface area contributed by atoms with Crippen molar-refractivity contribution in [1.82, 2.24) is 4.90 Å². The third-order valence-electron chi connectivity index (χ3n) is 4.73. The summed E-state index contributed by atoms with van der Waals surface area (Å²) in [7, 11) is 0. The first-order valence-electron chi connectivity index (χ1n) is 9.06. The van der Waals surface area contributed by atoms with Crippen LogP contribution in [0.3, 0.4) is 0 Å². The van der Waals surface area contributed by atoms with Crippen molar-refractivity contribution in [3.63, 3.8) is 0 Å². The number of amides is 1. The predicted octanol–water partition coefficient (Wildman–Crippen LogP) is 5.11. The summed E-state index contributed by atoms with van der Waals surface area (Å²) in [5.74, 6) is 1.37. The Kier molecular flexibility index (Phi) is 4.93. The van der Waals surface area contributed by atoms with Crippen LogP contribution in [-0.2, 0) is 16.8 Å². The highest BCUT2D eigenvalue weighted by molar-refractivity contribution is 8.26. The van der Waals surface area contributed by atoms with Crippen LogP contribution < -0.4 is 9.47 Å². The first-order valence-corrected chi connectivity index (χ1v) is 10.3. The van der Waals surface area contributed by atoms with Gasteiger partial charge in [0.1, 0.15) is 4.32 Å². The van der Waals surface area contributed by atoms with Crippen molar-refractivity contribution in [3.05, 3.63) is 64.1 Å².